The first kappa shape index (κ1) is 17.5. The minimum Gasteiger partial charge on any atom is -0.465 e. The van der Waals surface area contributed by atoms with Gasteiger partial charge in [-0.2, -0.15) is 0 Å². The highest BCUT2D eigenvalue weighted by molar-refractivity contribution is 6.16. The Morgan fingerprint density at radius 2 is 1.73 bits per heavy atom. The Bertz CT molecular complexity index is 956. The van der Waals surface area contributed by atoms with Crippen molar-refractivity contribution in [1.29, 1.82) is 0 Å². The topological polar surface area (TPSA) is 85.2 Å². The fraction of sp³-hybridized carbons (Fsp3) is 0.143. The van der Waals surface area contributed by atoms with Gasteiger partial charge in [-0.05, 0) is 36.6 Å². The molecule has 5 heteroatoms. The maximum atomic E-state index is 13.2. The first-order valence-electron chi connectivity index (χ1n) is 8.24. The molecular weight excluding hydrogens is 328 g/mol. The molecule has 0 saturated carbocycles. The third-order valence-corrected chi connectivity index (χ3v) is 4.35. The van der Waals surface area contributed by atoms with Crippen LogP contribution in [0.2, 0.25) is 0 Å². The number of aryl methyl sites for hydroxylation is 1. The normalized spacial score (nSPS) is 10.5. The van der Waals surface area contributed by atoms with Gasteiger partial charge >= 0.3 is 5.97 Å². The van der Waals surface area contributed by atoms with Gasteiger partial charge in [-0.25, -0.2) is 4.79 Å². The van der Waals surface area contributed by atoms with Gasteiger partial charge in [0.25, 0.3) is 0 Å². The number of aromatic amines is 1. The van der Waals surface area contributed by atoms with Gasteiger partial charge in [-0.3, -0.25) is 4.79 Å². The van der Waals surface area contributed by atoms with E-state index in [1.54, 1.807) is 13.0 Å². The summed E-state index contributed by atoms with van der Waals surface area (Å²) >= 11 is 0. The largest absolute Gasteiger partial charge is 0.465 e. The molecule has 3 rings (SSSR count). The highest BCUT2D eigenvalue weighted by Gasteiger charge is 2.24. The van der Waals surface area contributed by atoms with E-state index in [-0.39, 0.29) is 11.3 Å². The van der Waals surface area contributed by atoms with E-state index >= 15 is 0 Å². The average molecular weight is 348 g/mol. The average Bonchev–Trinajstić information content (AvgIpc) is 3.04. The number of nitrogens with one attached hydrogen (secondary N) is 1. The molecule has 0 radical (unpaired) electrons. The monoisotopic (exact) mass is 348 g/mol. The number of esters is 1. The van der Waals surface area contributed by atoms with Crippen LogP contribution in [0.4, 0.5) is 5.69 Å². The fourth-order valence-corrected chi connectivity index (χ4v) is 2.98. The molecule has 2 aromatic carbocycles. The molecule has 0 unspecified atom stereocenters. The van der Waals surface area contributed by atoms with E-state index in [9.17, 15) is 9.59 Å². The lowest BCUT2D eigenvalue weighted by atomic mass is 9.93. The molecule has 0 saturated heterocycles. The molecule has 0 aliphatic rings. The van der Waals surface area contributed by atoms with Crippen molar-refractivity contribution in [3.63, 3.8) is 0 Å². The summed E-state index contributed by atoms with van der Waals surface area (Å²) in [6, 6.07) is 15.0. The van der Waals surface area contributed by atoms with Gasteiger partial charge in [0.05, 0.1) is 18.2 Å². The Hall–Kier alpha value is -3.34. The van der Waals surface area contributed by atoms with Crippen LogP contribution in [-0.2, 0) is 11.2 Å². The number of carbonyl (C=O) groups is 2. The van der Waals surface area contributed by atoms with Crippen LogP contribution in [0.15, 0.2) is 54.7 Å². The Morgan fingerprint density at radius 1 is 1.04 bits per heavy atom. The zero-order valence-corrected chi connectivity index (χ0v) is 14.7. The molecule has 0 amide bonds. The zero-order valence-electron chi connectivity index (χ0n) is 14.7. The number of nitrogens with two attached hydrogens (primary N) is 1. The first-order chi connectivity index (χ1) is 12.5. The smallest absolute Gasteiger partial charge is 0.340 e. The Kier molecular flexibility index (Phi) is 4.89. The van der Waals surface area contributed by atoms with Crippen LogP contribution in [0.25, 0.3) is 0 Å². The van der Waals surface area contributed by atoms with Crippen LogP contribution in [0.1, 0.15) is 43.1 Å². The number of anilines is 1. The van der Waals surface area contributed by atoms with Gasteiger partial charge < -0.3 is 15.5 Å². The lowest BCUT2D eigenvalue weighted by molar-refractivity contribution is 0.0598. The maximum Gasteiger partial charge on any atom is 0.340 e. The molecule has 0 spiro atoms. The molecular formula is C21H20N2O3. The molecule has 1 aromatic heterocycles. The van der Waals surface area contributed by atoms with Crippen molar-refractivity contribution in [1.82, 2.24) is 4.98 Å². The quantitative estimate of drug-likeness (QED) is 0.420. The molecule has 0 atom stereocenters. The van der Waals surface area contributed by atoms with Gasteiger partial charge in [0.1, 0.15) is 0 Å². The van der Waals surface area contributed by atoms with E-state index in [0.717, 1.165) is 11.1 Å². The number of hydrogen-bond donors (Lipinski definition) is 2. The predicted octanol–water partition coefficient (Wildman–Crippen LogP) is 3.51. The molecule has 3 N–H and O–H groups in total. The lowest BCUT2D eigenvalue weighted by Crippen LogP contribution is -2.12. The van der Waals surface area contributed by atoms with E-state index in [2.05, 4.69) is 4.98 Å². The standard InChI is InChI=1S/C21H20N2O3/c1-13-19(18(12-23-13)21(25)26-2)20(24)17-6-4-3-5-15(17)11-14-7-9-16(22)10-8-14/h3-10,12,23H,11,22H2,1-2H3. The van der Waals surface area contributed by atoms with Crippen LogP contribution in [-0.4, -0.2) is 23.8 Å². The van der Waals surface area contributed by atoms with Gasteiger partial charge in [0.15, 0.2) is 5.78 Å². The predicted molar refractivity (Wildman–Crippen MR) is 100 cm³/mol. The van der Waals surface area contributed by atoms with Gasteiger partial charge in [-0.1, -0.05) is 36.4 Å². The summed E-state index contributed by atoms with van der Waals surface area (Å²) in [5, 5.41) is 0. The second-order valence-electron chi connectivity index (χ2n) is 6.10. The minimum atomic E-state index is -0.534. The third kappa shape index (κ3) is 3.37. The van der Waals surface area contributed by atoms with Crippen molar-refractivity contribution in [2.75, 3.05) is 12.8 Å². The SMILES string of the molecule is COC(=O)c1c[nH]c(C)c1C(=O)c1ccccc1Cc1ccc(N)cc1. The number of hydrogen-bond acceptors (Lipinski definition) is 4. The van der Waals surface area contributed by atoms with Crippen LogP contribution in [0.5, 0.6) is 0 Å². The highest BCUT2D eigenvalue weighted by Crippen LogP contribution is 2.23. The van der Waals surface area contributed by atoms with E-state index < -0.39 is 5.97 Å². The molecule has 5 nitrogen and oxygen atoms in total. The molecule has 0 aliphatic carbocycles. The summed E-state index contributed by atoms with van der Waals surface area (Å²) in [6.45, 7) is 1.77. The number of carbonyl (C=O) groups excluding carboxylic acids is 2. The number of methoxy groups -OCH3 is 1. The van der Waals surface area contributed by atoms with Crippen molar-refractivity contribution in [2.24, 2.45) is 0 Å². The number of H-pyrrole nitrogens is 1. The third-order valence-electron chi connectivity index (χ3n) is 4.35. The Labute approximate surface area is 151 Å². The minimum absolute atomic E-state index is 0.199. The van der Waals surface area contributed by atoms with Gasteiger partial charge in [0.2, 0.25) is 0 Å². The van der Waals surface area contributed by atoms with E-state index in [1.165, 1.54) is 13.3 Å². The number of nitrogen functional groups attached to an aromatic ring is 1. The van der Waals surface area contributed by atoms with Crippen molar-refractivity contribution in [3.8, 4) is 0 Å². The van der Waals surface area contributed by atoms with Crippen molar-refractivity contribution >= 4 is 17.4 Å². The Morgan fingerprint density at radius 3 is 2.42 bits per heavy atom. The van der Waals surface area contributed by atoms with Crippen LogP contribution < -0.4 is 5.73 Å². The second kappa shape index (κ2) is 7.27. The summed E-state index contributed by atoms with van der Waals surface area (Å²) in [4.78, 5) is 28.1. The van der Waals surface area contributed by atoms with Crippen LogP contribution in [0.3, 0.4) is 0 Å². The zero-order chi connectivity index (χ0) is 18.7. The summed E-state index contributed by atoms with van der Waals surface area (Å²) in [6.07, 6.45) is 2.11. The maximum absolute atomic E-state index is 13.2. The molecule has 3 aromatic rings. The molecule has 1 heterocycles. The fourth-order valence-electron chi connectivity index (χ4n) is 2.98. The van der Waals surface area contributed by atoms with Gasteiger partial charge in [0, 0.05) is 23.1 Å². The summed E-state index contributed by atoms with van der Waals surface area (Å²) in [7, 11) is 1.30. The number of ether oxygens (including phenoxy) is 1. The molecule has 0 aliphatic heterocycles. The second-order valence-corrected chi connectivity index (χ2v) is 6.10. The number of aromatic nitrogens is 1. The number of benzene rings is 2. The van der Waals surface area contributed by atoms with E-state index in [0.29, 0.717) is 28.9 Å². The van der Waals surface area contributed by atoms with Crippen LogP contribution >= 0.6 is 0 Å². The van der Waals surface area contributed by atoms with E-state index in [1.807, 2.05) is 42.5 Å². The van der Waals surface area contributed by atoms with Gasteiger partial charge in [-0.15, -0.1) is 0 Å². The number of ketones is 1. The van der Waals surface area contributed by atoms with Crippen LogP contribution in [0, 0.1) is 6.92 Å². The highest BCUT2D eigenvalue weighted by atomic mass is 16.5. The molecule has 132 valence electrons. The van der Waals surface area contributed by atoms with Crippen molar-refractivity contribution < 1.29 is 14.3 Å². The Balaban J connectivity index is 2.00. The molecule has 0 fully saturated rings. The van der Waals surface area contributed by atoms with Crippen molar-refractivity contribution in [2.45, 2.75) is 13.3 Å². The summed E-state index contributed by atoms with van der Waals surface area (Å²) in [5.41, 5.74) is 10.2. The first-order valence-corrected chi connectivity index (χ1v) is 8.24. The number of rotatable bonds is 5. The molecule has 0 bridgehead atoms. The van der Waals surface area contributed by atoms with Crippen molar-refractivity contribution in [3.05, 3.63) is 88.2 Å². The summed E-state index contributed by atoms with van der Waals surface area (Å²) < 4.78 is 4.79. The lowest BCUT2D eigenvalue weighted by Gasteiger charge is -2.10. The van der Waals surface area contributed by atoms with E-state index in [4.69, 9.17) is 10.5 Å². The summed E-state index contributed by atoms with van der Waals surface area (Å²) in [5.74, 6) is -0.732. The molecule has 26 heavy (non-hydrogen) atoms.